The summed E-state index contributed by atoms with van der Waals surface area (Å²) in [4.78, 5) is 28.5. The maximum atomic E-state index is 13.5. The normalized spacial score (nSPS) is 26.3. The van der Waals surface area contributed by atoms with Crippen molar-refractivity contribution in [1.29, 1.82) is 0 Å². The molecule has 6 nitrogen and oxygen atoms in total. The first-order valence-electron chi connectivity index (χ1n) is 11.6. The van der Waals surface area contributed by atoms with Crippen molar-refractivity contribution in [2.45, 2.75) is 57.5 Å². The number of benzene rings is 1. The molecule has 168 valence electrons. The Morgan fingerprint density at radius 1 is 1.10 bits per heavy atom. The molecule has 0 bridgehead atoms. The van der Waals surface area contributed by atoms with E-state index < -0.39 is 0 Å². The molecule has 3 aliphatic rings. The summed E-state index contributed by atoms with van der Waals surface area (Å²) in [5.41, 5.74) is 0.999. The topological polar surface area (TPSA) is 67.9 Å². The minimum absolute atomic E-state index is 0.0626. The molecule has 4 rings (SSSR count). The lowest BCUT2D eigenvalue weighted by molar-refractivity contribution is -0.148. The van der Waals surface area contributed by atoms with Crippen molar-refractivity contribution in [2.24, 2.45) is 17.8 Å². The van der Waals surface area contributed by atoms with Gasteiger partial charge in [0.25, 0.3) is 0 Å². The van der Waals surface area contributed by atoms with E-state index >= 15 is 0 Å². The number of piperidine rings is 1. The van der Waals surface area contributed by atoms with Gasteiger partial charge in [-0.05, 0) is 49.3 Å². The smallest absolute Gasteiger partial charge is 0.227 e. The third-order valence-electron chi connectivity index (χ3n) is 7.11. The monoisotopic (exact) mass is 426 g/mol. The molecule has 2 amide bonds. The van der Waals surface area contributed by atoms with Gasteiger partial charge in [0.05, 0.1) is 26.1 Å². The average molecular weight is 427 g/mol. The van der Waals surface area contributed by atoms with Crippen LogP contribution in [0.3, 0.4) is 0 Å². The number of nitrogens with zero attached hydrogens (tertiary/aromatic N) is 1. The molecule has 0 aromatic heterocycles. The fourth-order valence-corrected chi connectivity index (χ4v) is 5.40. The Labute approximate surface area is 185 Å². The van der Waals surface area contributed by atoms with Crippen molar-refractivity contribution < 1.29 is 19.1 Å². The lowest BCUT2D eigenvalue weighted by Gasteiger charge is -2.42. The van der Waals surface area contributed by atoms with Crippen LogP contribution in [0.15, 0.2) is 30.4 Å². The van der Waals surface area contributed by atoms with E-state index in [4.69, 9.17) is 9.47 Å². The zero-order valence-electron chi connectivity index (χ0n) is 18.6. The minimum Gasteiger partial charge on any atom is -0.493 e. The van der Waals surface area contributed by atoms with Gasteiger partial charge in [-0.25, -0.2) is 0 Å². The van der Waals surface area contributed by atoms with Crippen LogP contribution < -0.4 is 14.8 Å². The van der Waals surface area contributed by atoms with Crippen LogP contribution in [0.4, 0.5) is 0 Å². The third kappa shape index (κ3) is 4.73. The fraction of sp³-hybridized carbons (Fsp3) is 0.600. The van der Waals surface area contributed by atoms with Gasteiger partial charge in [0.2, 0.25) is 11.8 Å². The molecular formula is C25H34N2O4. The van der Waals surface area contributed by atoms with E-state index in [0.717, 1.165) is 24.8 Å². The van der Waals surface area contributed by atoms with Crippen LogP contribution in [0.1, 0.15) is 50.5 Å². The number of ether oxygens (including phenoxy) is 2. The Bertz CT molecular complexity index is 831. The Kier molecular flexibility index (Phi) is 6.83. The van der Waals surface area contributed by atoms with Gasteiger partial charge in [-0.2, -0.15) is 0 Å². The second-order valence-electron chi connectivity index (χ2n) is 9.04. The number of carbonyl (C=O) groups excluding carboxylic acids is 2. The zero-order chi connectivity index (χ0) is 21.8. The highest BCUT2D eigenvalue weighted by atomic mass is 16.5. The summed E-state index contributed by atoms with van der Waals surface area (Å²) in [5.74, 6) is 1.12. The molecule has 6 heteroatoms. The van der Waals surface area contributed by atoms with Gasteiger partial charge >= 0.3 is 0 Å². The molecule has 1 saturated heterocycles. The van der Waals surface area contributed by atoms with Gasteiger partial charge in [0.15, 0.2) is 11.5 Å². The lowest BCUT2D eigenvalue weighted by Crippen LogP contribution is -2.52. The Morgan fingerprint density at radius 2 is 1.87 bits per heavy atom. The van der Waals surface area contributed by atoms with Gasteiger partial charge in [-0.15, -0.1) is 0 Å². The van der Waals surface area contributed by atoms with Crippen LogP contribution in [-0.4, -0.2) is 43.5 Å². The van der Waals surface area contributed by atoms with Crippen LogP contribution in [0.25, 0.3) is 0 Å². The summed E-state index contributed by atoms with van der Waals surface area (Å²) in [7, 11) is 3.23. The van der Waals surface area contributed by atoms with Gasteiger partial charge in [0, 0.05) is 19.1 Å². The van der Waals surface area contributed by atoms with Gasteiger partial charge in [0.1, 0.15) is 0 Å². The summed E-state index contributed by atoms with van der Waals surface area (Å²) in [5, 5.41) is 3.26. The van der Waals surface area contributed by atoms with Crippen LogP contribution in [0, 0.1) is 17.8 Å². The number of methoxy groups -OCH3 is 2. The number of allylic oxidation sites excluding steroid dienone is 2. The average Bonchev–Trinajstić information content (AvgIpc) is 2.81. The van der Waals surface area contributed by atoms with E-state index in [2.05, 4.69) is 17.5 Å². The zero-order valence-corrected chi connectivity index (χ0v) is 18.6. The maximum Gasteiger partial charge on any atom is 0.227 e. The molecule has 1 saturated carbocycles. The molecule has 0 radical (unpaired) electrons. The first-order valence-corrected chi connectivity index (χ1v) is 11.6. The van der Waals surface area contributed by atoms with E-state index in [1.165, 1.54) is 19.3 Å². The third-order valence-corrected chi connectivity index (χ3v) is 7.11. The largest absolute Gasteiger partial charge is 0.493 e. The Morgan fingerprint density at radius 3 is 2.61 bits per heavy atom. The Hall–Kier alpha value is -2.50. The first-order chi connectivity index (χ1) is 15.1. The van der Waals surface area contributed by atoms with Crippen LogP contribution in [-0.2, 0) is 16.1 Å². The molecule has 0 spiro atoms. The highest BCUT2D eigenvalue weighted by Crippen LogP contribution is 2.38. The molecule has 1 aromatic carbocycles. The molecular weight excluding hydrogens is 392 g/mol. The molecule has 1 aliphatic heterocycles. The number of amides is 2. The second-order valence-corrected chi connectivity index (χ2v) is 9.04. The summed E-state index contributed by atoms with van der Waals surface area (Å²) >= 11 is 0. The van der Waals surface area contributed by atoms with Crippen molar-refractivity contribution >= 4 is 11.8 Å². The van der Waals surface area contributed by atoms with Crippen molar-refractivity contribution in [2.75, 3.05) is 20.8 Å². The number of hydrogen-bond acceptors (Lipinski definition) is 4. The molecule has 0 unspecified atom stereocenters. The highest BCUT2D eigenvalue weighted by Gasteiger charge is 2.44. The highest BCUT2D eigenvalue weighted by molar-refractivity contribution is 5.89. The predicted octanol–water partition coefficient (Wildman–Crippen LogP) is 3.69. The van der Waals surface area contributed by atoms with E-state index in [0.29, 0.717) is 31.0 Å². The number of fused-ring (bicyclic) bond motifs is 1. The standard InChI is InChI=1S/C25H34N2O4/c1-30-21-12-11-17(15-22(21)31-2)16-27-14-13-18-7-6-10-20(23(18)25(27)29)24(28)26-19-8-4-3-5-9-19/h6-7,11-12,15,18-20,23H,3-5,8-10,13-14,16H2,1-2H3,(H,26,28)/t18-,20-,23+/m1/s1. The van der Waals surface area contributed by atoms with E-state index in [9.17, 15) is 9.59 Å². The first kappa shape index (κ1) is 21.7. The summed E-state index contributed by atoms with van der Waals surface area (Å²) < 4.78 is 10.7. The number of hydrogen-bond donors (Lipinski definition) is 1. The summed E-state index contributed by atoms with van der Waals surface area (Å²) in [6, 6.07) is 6.03. The van der Waals surface area contributed by atoms with Crippen LogP contribution >= 0.6 is 0 Å². The molecule has 1 N–H and O–H groups in total. The van der Waals surface area contributed by atoms with E-state index in [-0.39, 0.29) is 35.6 Å². The van der Waals surface area contributed by atoms with Crippen LogP contribution in [0.5, 0.6) is 11.5 Å². The number of nitrogens with one attached hydrogen (secondary N) is 1. The van der Waals surface area contributed by atoms with Gasteiger partial charge < -0.3 is 19.7 Å². The van der Waals surface area contributed by atoms with Gasteiger partial charge in [-0.3, -0.25) is 9.59 Å². The quantitative estimate of drug-likeness (QED) is 0.705. The molecule has 31 heavy (non-hydrogen) atoms. The van der Waals surface area contributed by atoms with Crippen molar-refractivity contribution in [1.82, 2.24) is 10.2 Å². The molecule has 2 fully saturated rings. The summed E-state index contributed by atoms with van der Waals surface area (Å²) in [6.45, 7) is 1.22. The minimum atomic E-state index is -0.266. The van der Waals surface area contributed by atoms with Crippen LogP contribution in [0.2, 0.25) is 0 Å². The second kappa shape index (κ2) is 9.75. The van der Waals surface area contributed by atoms with Crippen molar-refractivity contribution in [3.05, 3.63) is 35.9 Å². The number of rotatable bonds is 6. The van der Waals surface area contributed by atoms with Crippen molar-refractivity contribution in [3.63, 3.8) is 0 Å². The molecule has 2 aliphatic carbocycles. The van der Waals surface area contributed by atoms with E-state index in [1.807, 2.05) is 23.1 Å². The molecule has 1 heterocycles. The lowest BCUT2D eigenvalue weighted by atomic mass is 9.71. The number of likely N-dealkylation sites (tertiary alicyclic amines) is 1. The van der Waals surface area contributed by atoms with E-state index in [1.54, 1.807) is 14.2 Å². The fourth-order valence-electron chi connectivity index (χ4n) is 5.40. The molecule has 3 atom stereocenters. The SMILES string of the molecule is COc1ccc(CN2CC[C@H]3C=CC[C@@H](C(=O)NC4CCCCC4)[C@H]3C2=O)cc1OC. The maximum absolute atomic E-state index is 13.5. The summed E-state index contributed by atoms with van der Waals surface area (Å²) in [6.07, 6.45) is 11.5. The van der Waals surface area contributed by atoms with Gasteiger partial charge in [-0.1, -0.05) is 37.5 Å². The molecule has 1 aromatic rings. The predicted molar refractivity (Wildman–Crippen MR) is 119 cm³/mol. The Balaban J connectivity index is 1.46. The van der Waals surface area contributed by atoms with Crippen molar-refractivity contribution in [3.8, 4) is 11.5 Å². The number of carbonyl (C=O) groups is 2.